The van der Waals surface area contributed by atoms with Gasteiger partial charge in [-0.1, -0.05) is 36.4 Å². The van der Waals surface area contributed by atoms with E-state index in [1.165, 1.54) is 0 Å². The number of benzene rings is 3. The smallest absolute Gasteiger partial charge is 0.239 e. The average molecular weight is 410 g/mol. The van der Waals surface area contributed by atoms with Crippen LogP contribution in [0.5, 0.6) is 0 Å². The number of nitrogens with zero attached hydrogens (tertiary/aromatic N) is 3. The first kappa shape index (κ1) is 19.1. The Morgan fingerprint density at radius 3 is 2.16 bits per heavy atom. The lowest BCUT2D eigenvalue weighted by Gasteiger charge is -2.15. The molecule has 0 unspecified atom stereocenters. The lowest BCUT2D eigenvalue weighted by Crippen LogP contribution is -2.29. The van der Waals surface area contributed by atoms with Crippen molar-refractivity contribution < 1.29 is 4.79 Å². The third kappa shape index (κ3) is 3.57. The maximum atomic E-state index is 12.8. The number of fused-ring (bicyclic) bond motifs is 3. The van der Waals surface area contributed by atoms with Crippen LogP contribution in [0.25, 0.3) is 32.8 Å². The molecule has 0 saturated heterocycles. The van der Waals surface area contributed by atoms with Crippen molar-refractivity contribution in [3.05, 3.63) is 89.3 Å². The molecule has 3 aromatic carbocycles. The van der Waals surface area contributed by atoms with Gasteiger partial charge in [0, 0.05) is 23.9 Å². The van der Waals surface area contributed by atoms with Crippen LogP contribution in [0, 0.1) is 0 Å². The van der Waals surface area contributed by atoms with E-state index in [1.807, 2.05) is 83.7 Å². The fourth-order valence-electron chi connectivity index (χ4n) is 4.11. The number of rotatable bonds is 6. The number of carbonyl (C=O) groups excluding carboxylic acids is 1. The van der Waals surface area contributed by atoms with E-state index in [0.29, 0.717) is 17.3 Å². The molecule has 0 aliphatic carbocycles. The van der Waals surface area contributed by atoms with Gasteiger partial charge in [-0.3, -0.25) is 9.59 Å². The zero-order valence-corrected chi connectivity index (χ0v) is 17.0. The molecule has 2 heterocycles. The van der Waals surface area contributed by atoms with E-state index in [-0.39, 0.29) is 17.9 Å². The number of aryl methyl sites for hydroxylation is 1. The Bertz CT molecular complexity index is 1410. The Morgan fingerprint density at radius 2 is 1.45 bits per heavy atom. The number of carbonyl (C=O) groups is 1. The van der Waals surface area contributed by atoms with Crippen LogP contribution in [0.15, 0.2) is 83.9 Å². The van der Waals surface area contributed by atoms with E-state index in [9.17, 15) is 9.59 Å². The second kappa shape index (κ2) is 8.07. The third-order valence-corrected chi connectivity index (χ3v) is 5.61. The zero-order valence-electron chi connectivity index (χ0n) is 17.0. The van der Waals surface area contributed by atoms with Crippen LogP contribution < -0.4 is 10.7 Å². The van der Waals surface area contributed by atoms with Crippen LogP contribution in [0.1, 0.15) is 6.42 Å². The number of amides is 1. The lowest BCUT2D eigenvalue weighted by atomic mass is 10.1. The predicted octanol–water partition coefficient (Wildman–Crippen LogP) is 3.71. The topological polar surface area (TPSA) is 68.9 Å². The van der Waals surface area contributed by atoms with Gasteiger partial charge in [0.1, 0.15) is 6.54 Å². The van der Waals surface area contributed by atoms with E-state index in [2.05, 4.69) is 14.9 Å². The summed E-state index contributed by atoms with van der Waals surface area (Å²) >= 11 is 0. The second-order valence-corrected chi connectivity index (χ2v) is 7.58. The van der Waals surface area contributed by atoms with Crippen LogP contribution in [0.3, 0.4) is 0 Å². The molecule has 0 atom stereocenters. The Balaban J connectivity index is 1.31. The predicted molar refractivity (Wildman–Crippen MR) is 123 cm³/mol. The van der Waals surface area contributed by atoms with Gasteiger partial charge in [-0.05, 0) is 42.8 Å². The molecule has 0 radical (unpaired) electrons. The Hall–Kier alpha value is -3.93. The molecule has 0 fully saturated rings. The van der Waals surface area contributed by atoms with Crippen molar-refractivity contribution in [2.75, 3.05) is 6.54 Å². The third-order valence-electron chi connectivity index (χ3n) is 5.61. The first-order valence-electron chi connectivity index (χ1n) is 10.4. The van der Waals surface area contributed by atoms with Gasteiger partial charge >= 0.3 is 0 Å². The minimum Gasteiger partial charge on any atom is -0.354 e. The molecule has 6 nitrogen and oxygen atoms in total. The lowest BCUT2D eigenvalue weighted by molar-refractivity contribution is -0.121. The minimum absolute atomic E-state index is 0.00424. The zero-order chi connectivity index (χ0) is 21.2. The summed E-state index contributed by atoms with van der Waals surface area (Å²) in [5.41, 5.74) is 3.61. The van der Waals surface area contributed by atoms with Crippen LogP contribution in [0.4, 0.5) is 0 Å². The molecule has 6 heteroatoms. The Kier molecular flexibility index (Phi) is 4.96. The molecule has 154 valence electrons. The second-order valence-electron chi connectivity index (χ2n) is 7.58. The maximum absolute atomic E-state index is 12.8. The number of imidazole rings is 1. The maximum Gasteiger partial charge on any atom is 0.239 e. The van der Waals surface area contributed by atoms with Crippen LogP contribution in [0.2, 0.25) is 0 Å². The molecule has 1 amide bonds. The van der Waals surface area contributed by atoms with Crippen molar-refractivity contribution in [3.8, 4) is 0 Å². The van der Waals surface area contributed by atoms with Crippen LogP contribution in [-0.4, -0.2) is 26.6 Å². The normalized spacial score (nSPS) is 11.4. The Morgan fingerprint density at radius 1 is 0.839 bits per heavy atom. The van der Waals surface area contributed by atoms with E-state index < -0.39 is 0 Å². The molecular weight excluding hydrogens is 388 g/mol. The van der Waals surface area contributed by atoms with Gasteiger partial charge in [-0.15, -0.1) is 0 Å². The number of nitrogens with one attached hydrogen (secondary N) is 1. The molecule has 1 N–H and O–H groups in total. The summed E-state index contributed by atoms with van der Waals surface area (Å²) in [4.78, 5) is 30.0. The summed E-state index contributed by atoms with van der Waals surface area (Å²) in [7, 11) is 0. The van der Waals surface area contributed by atoms with Gasteiger partial charge in [0.15, 0.2) is 5.43 Å². The van der Waals surface area contributed by atoms with Crippen LogP contribution >= 0.6 is 0 Å². The molecule has 0 aliphatic rings. The number of pyridine rings is 1. The quantitative estimate of drug-likeness (QED) is 0.343. The SMILES string of the molecule is O=C(Cn1c2ccccc2c(=O)c2ccccc21)NCCCn1cnc2ccccc21. The highest BCUT2D eigenvalue weighted by atomic mass is 16.2. The van der Waals surface area contributed by atoms with Crippen molar-refractivity contribution in [2.45, 2.75) is 19.5 Å². The van der Waals surface area contributed by atoms with Gasteiger partial charge < -0.3 is 14.5 Å². The molecule has 5 aromatic rings. The number of aromatic nitrogens is 3. The number of para-hydroxylation sites is 4. The van der Waals surface area contributed by atoms with Crippen molar-refractivity contribution in [1.82, 2.24) is 19.4 Å². The molecule has 2 aromatic heterocycles. The molecule has 0 aliphatic heterocycles. The summed E-state index contributed by atoms with van der Waals surface area (Å²) in [6.45, 7) is 1.52. The van der Waals surface area contributed by atoms with Gasteiger partial charge in [0.2, 0.25) is 5.91 Å². The van der Waals surface area contributed by atoms with E-state index >= 15 is 0 Å². The first-order valence-corrected chi connectivity index (χ1v) is 10.4. The highest BCUT2D eigenvalue weighted by Crippen LogP contribution is 2.19. The molecule has 0 bridgehead atoms. The molecule has 31 heavy (non-hydrogen) atoms. The van der Waals surface area contributed by atoms with E-state index in [0.717, 1.165) is 35.0 Å². The Labute approximate surface area is 178 Å². The molecule has 0 spiro atoms. The molecule has 5 rings (SSSR count). The highest BCUT2D eigenvalue weighted by Gasteiger charge is 2.12. The summed E-state index contributed by atoms with van der Waals surface area (Å²) in [5, 5.41) is 4.27. The van der Waals surface area contributed by atoms with Crippen LogP contribution in [-0.2, 0) is 17.9 Å². The van der Waals surface area contributed by atoms with E-state index in [4.69, 9.17) is 0 Å². The standard InChI is InChI=1S/C25H22N4O2/c30-24(26-14-7-15-28-17-27-20-10-3-6-13-23(20)28)16-29-21-11-4-1-8-18(21)25(31)19-9-2-5-12-22(19)29/h1-6,8-13,17H,7,14-16H2,(H,26,30). The summed E-state index contributed by atoms with van der Waals surface area (Å²) in [5.74, 6) is -0.0746. The minimum atomic E-state index is -0.0746. The highest BCUT2D eigenvalue weighted by molar-refractivity contribution is 5.94. The molecule has 0 saturated carbocycles. The van der Waals surface area contributed by atoms with Crippen molar-refractivity contribution in [3.63, 3.8) is 0 Å². The van der Waals surface area contributed by atoms with E-state index in [1.54, 1.807) is 0 Å². The van der Waals surface area contributed by atoms with Crippen molar-refractivity contribution in [2.24, 2.45) is 0 Å². The largest absolute Gasteiger partial charge is 0.354 e. The monoisotopic (exact) mass is 410 g/mol. The summed E-state index contributed by atoms with van der Waals surface area (Å²) in [6.07, 6.45) is 2.64. The first-order chi connectivity index (χ1) is 15.2. The van der Waals surface area contributed by atoms with Crippen molar-refractivity contribution >= 4 is 38.7 Å². The number of hydrogen-bond acceptors (Lipinski definition) is 3. The van der Waals surface area contributed by atoms with Gasteiger partial charge in [0.05, 0.1) is 28.4 Å². The van der Waals surface area contributed by atoms with Gasteiger partial charge in [0.25, 0.3) is 0 Å². The summed E-state index contributed by atoms with van der Waals surface area (Å²) in [6, 6.07) is 22.9. The fourth-order valence-corrected chi connectivity index (χ4v) is 4.11. The molecular formula is C25H22N4O2. The number of hydrogen-bond donors (Lipinski definition) is 1. The van der Waals surface area contributed by atoms with Gasteiger partial charge in [-0.2, -0.15) is 0 Å². The van der Waals surface area contributed by atoms with Gasteiger partial charge in [-0.25, -0.2) is 4.98 Å². The average Bonchev–Trinajstić information content (AvgIpc) is 3.23. The van der Waals surface area contributed by atoms with Crippen molar-refractivity contribution in [1.29, 1.82) is 0 Å². The fraction of sp³-hybridized carbons (Fsp3) is 0.160. The summed E-state index contributed by atoms with van der Waals surface area (Å²) < 4.78 is 4.02.